The molecular weight excluding hydrogens is 378 g/mol. The van der Waals surface area contributed by atoms with Gasteiger partial charge in [-0.05, 0) is 29.8 Å². The molecule has 1 N–H and O–H groups in total. The summed E-state index contributed by atoms with van der Waals surface area (Å²) in [6.07, 6.45) is 1.63. The average molecular weight is 395 g/mol. The maximum atomic E-state index is 11.5. The number of aromatic nitrogens is 1. The molecule has 0 fully saturated rings. The molecule has 0 aliphatic carbocycles. The van der Waals surface area contributed by atoms with Gasteiger partial charge in [0.1, 0.15) is 16.6 Å². The molecule has 3 aromatic carbocycles. The maximum Gasteiger partial charge on any atom is 0.159 e. The van der Waals surface area contributed by atoms with E-state index in [2.05, 4.69) is 29.6 Å². The fraction of sp³-hybridized carbons (Fsp3) is 0.0417. The minimum absolute atomic E-state index is 0.00205. The van der Waals surface area contributed by atoms with Gasteiger partial charge in [0.15, 0.2) is 5.78 Å². The van der Waals surface area contributed by atoms with E-state index in [1.807, 2.05) is 35.7 Å². The Labute approximate surface area is 172 Å². The fourth-order valence-corrected chi connectivity index (χ4v) is 3.88. The number of fused-ring (bicyclic) bond motifs is 1. The zero-order valence-corrected chi connectivity index (χ0v) is 16.5. The van der Waals surface area contributed by atoms with Crippen molar-refractivity contribution in [2.45, 2.75) is 6.92 Å². The molecular formula is C24H17N3OS. The summed E-state index contributed by atoms with van der Waals surface area (Å²) in [5.41, 5.74) is 3.70. The summed E-state index contributed by atoms with van der Waals surface area (Å²) in [4.78, 5) is 16.2. The van der Waals surface area contributed by atoms with Gasteiger partial charge in [0.2, 0.25) is 0 Å². The number of nitrogens with one attached hydrogen (secondary N) is 1. The van der Waals surface area contributed by atoms with E-state index in [0.717, 1.165) is 27.7 Å². The molecule has 4 aromatic rings. The van der Waals surface area contributed by atoms with E-state index in [0.29, 0.717) is 16.1 Å². The van der Waals surface area contributed by atoms with Crippen molar-refractivity contribution in [3.05, 3.63) is 88.9 Å². The summed E-state index contributed by atoms with van der Waals surface area (Å²) in [6.45, 7) is 1.53. The molecule has 0 radical (unpaired) electrons. The first-order valence-electron chi connectivity index (χ1n) is 9.07. The molecule has 0 aliphatic rings. The molecule has 1 aromatic heterocycles. The first kappa shape index (κ1) is 18.6. The Morgan fingerprint density at radius 1 is 1.10 bits per heavy atom. The van der Waals surface area contributed by atoms with Gasteiger partial charge >= 0.3 is 0 Å². The maximum absolute atomic E-state index is 11.5. The minimum atomic E-state index is -0.00205. The molecule has 1 heterocycles. The Bertz CT molecular complexity index is 1280. The van der Waals surface area contributed by atoms with Crippen LogP contribution in [0.15, 0.2) is 78.3 Å². The standard InChI is InChI=1S/C24H17N3OS/c1-16(28)18-8-4-9-20(12-18)26-14-19(13-25)24-27-23(15-29-24)22-11-5-7-17-6-2-3-10-21(17)22/h2-12,14-15,26H,1H3/b19-14-. The lowest BCUT2D eigenvalue weighted by Crippen LogP contribution is -1.95. The van der Waals surface area contributed by atoms with E-state index in [1.165, 1.54) is 18.3 Å². The second-order valence-corrected chi connectivity index (χ2v) is 7.37. The third-order valence-electron chi connectivity index (χ3n) is 4.57. The Kier molecular flexibility index (Phi) is 5.19. The Morgan fingerprint density at radius 3 is 2.72 bits per heavy atom. The molecule has 0 saturated heterocycles. The van der Waals surface area contributed by atoms with Crippen LogP contribution in [0, 0.1) is 11.3 Å². The molecule has 0 spiro atoms. The third kappa shape index (κ3) is 3.93. The van der Waals surface area contributed by atoms with Crippen LogP contribution < -0.4 is 5.32 Å². The van der Waals surface area contributed by atoms with Crippen molar-refractivity contribution >= 4 is 39.2 Å². The van der Waals surface area contributed by atoms with Crippen LogP contribution in [0.25, 0.3) is 27.6 Å². The average Bonchev–Trinajstić information content (AvgIpc) is 3.24. The molecule has 0 atom stereocenters. The second-order valence-electron chi connectivity index (χ2n) is 6.52. The number of allylic oxidation sites excluding steroid dienone is 1. The lowest BCUT2D eigenvalue weighted by Gasteiger charge is -2.04. The predicted molar refractivity (Wildman–Crippen MR) is 119 cm³/mol. The number of ketones is 1. The van der Waals surface area contributed by atoms with Gasteiger partial charge in [-0.2, -0.15) is 5.26 Å². The monoisotopic (exact) mass is 395 g/mol. The lowest BCUT2D eigenvalue weighted by atomic mass is 10.0. The molecule has 0 unspecified atom stereocenters. The number of nitriles is 1. The molecule has 0 saturated carbocycles. The first-order chi connectivity index (χ1) is 14.2. The third-order valence-corrected chi connectivity index (χ3v) is 5.45. The number of Topliss-reactive ketones (excluding diaryl/α,β-unsaturated/α-hetero) is 1. The van der Waals surface area contributed by atoms with Gasteiger partial charge < -0.3 is 5.32 Å². The highest BCUT2D eigenvalue weighted by Gasteiger charge is 2.11. The van der Waals surface area contributed by atoms with Crippen molar-refractivity contribution < 1.29 is 4.79 Å². The Balaban J connectivity index is 1.64. The number of anilines is 1. The highest BCUT2D eigenvalue weighted by atomic mass is 32.1. The summed E-state index contributed by atoms with van der Waals surface area (Å²) >= 11 is 1.43. The van der Waals surface area contributed by atoms with Gasteiger partial charge in [0.05, 0.1) is 5.69 Å². The minimum Gasteiger partial charge on any atom is -0.360 e. The number of rotatable bonds is 5. The quantitative estimate of drug-likeness (QED) is 0.325. The summed E-state index contributed by atoms with van der Waals surface area (Å²) in [5.74, 6) is -0.00205. The van der Waals surface area contributed by atoms with Crippen LogP contribution in [-0.2, 0) is 0 Å². The Hall–Kier alpha value is -3.75. The van der Waals surface area contributed by atoms with E-state index < -0.39 is 0 Å². The number of thiazole rings is 1. The smallest absolute Gasteiger partial charge is 0.159 e. The topological polar surface area (TPSA) is 65.8 Å². The van der Waals surface area contributed by atoms with Crippen LogP contribution in [0.2, 0.25) is 0 Å². The highest BCUT2D eigenvalue weighted by molar-refractivity contribution is 7.11. The molecule has 0 bridgehead atoms. The summed E-state index contributed by atoms with van der Waals surface area (Å²) in [6, 6.07) is 23.7. The van der Waals surface area contributed by atoms with E-state index in [9.17, 15) is 10.1 Å². The van der Waals surface area contributed by atoms with Crippen LogP contribution in [0.4, 0.5) is 5.69 Å². The number of nitrogens with zero attached hydrogens (tertiary/aromatic N) is 2. The van der Waals surface area contributed by atoms with Gasteiger partial charge in [-0.15, -0.1) is 11.3 Å². The number of carbonyl (C=O) groups excluding carboxylic acids is 1. The largest absolute Gasteiger partial charge is 0.360 e. The summed E-state index contributed by atoms with van der Waals surface area (Å²) < 4.78 is 0. The van der Waals surface area contributed by atoms with Crippen LogP contribution in [0.1, 0.15) is 22.3 Å². The van der Waals surface area contributed by atoms with Gasteiger partial charge in [-0.1, -0.05) is 54.6 Å². The van der Waals surface area contributed by atoms with Crippen molar-refractivity contribution in [2.24, 2.45) is 0 Å². The molecule has 4 rings (SSSR count). The number of hydrogen-bond donors (Lipinski definition) is 1. The second kappa shape index (κ2) is 8.09. The van der Waals surface area contributed by atoms with E-state index in [1.54, 1.807) is 24.4 Å². The summed E-state index contributed by atoms with van der Waals surface area (Å²) in [7, 11) is 0. The van der Waals surface area contributed by atoms with Crippen molar-refractivity contribution in [1.29, 1.82) is 5.26 Å². The van der Waals surface area contributed by atoms with Gasteiger partial charge in [-0.25, -0.2) is 4.98 Å². The van der Waals surface area contributed by atoms with E-state index >= 15 is 0 Å². The lowest BCUT2D eigenvalue weighted by molar-refractivity contribution is 0.101. The van der Waals surface area contributed by atoms with Crippen LogP contribution in [-0.4, -0.2) is 10.8 Å². The van der Waals surface area contributed by atoms with Crippen molar-refractivity contribution in [3.8, 4) is 17.3 Å². The van der Waals surface area contributed by atoms with Crippen LogP contribution >= 0.6 is 11.3 Å². The normalized spacial score (nSPS) is 11.2. The Morgan fingerprint density at radius 2 is 1.90 bits per heavy atom. The molecule has 140 valence electrons. The number of carbonyl (C=O) groups is 1. The van der Waals surface area contributed by atoms with Crippen molar-refractivity contribution in [2.75, 3.05) is 5.32 Å². The SMILES string of the molecule is CC(=O)c1cccc(N/C=C(/C#N)c2nc(-c3cccc4ccccc34)cs2)c1. The number of hydrogen-bond acceptors (Lipinski definition) is 5. The molecule has 29 heavy (non-hydrogen) atoms. The number of benzene rings is 3. The molecule has 5 heteroatoms. The molecule has 0 aliphatic heterocycles. The van der Waals surface area contributed by atoms with E-state index in [-0.39, 0.29) is 5.78 Å². The van der Waals surface area contributed by atoms with Crippen LogP contribution in [0.3, 0.4) is 0 Å². The highest BCUT2D eigenvalue weighted by Crippen LogP contribution is 2.31. The van der Waals surface area contributed by atoms with Gasteiger partial charge in [0, 0.05) is 28.4 Å². The van der Waals surface area contributed by atoms with E-state index in [4.69, 9.17) is 4.98 Å². The zero-order valence-electron chi connectivity index (χ0n) is 15.7. The fourth-order valence-electron chi connectivity index (χ4n) is 3.10. The van der Waals surface area contributed by atoms with Crippen molar-refractivity contribution in [3.63, 3.8) is 0 Å². The summed E-state index contributed by atoms with van der Waals surface area (Å²) in [5, 5.41) is 17.6. The molecule has 0 amide bonds. The molecule has 4 nitrogen and oxygen atoms in total. The van der Waals surface area contributed by atoms with Gasteiger partial charge in [0.25, 0.3) is 0 Å². The first-order valence-corrected chi connectivity index (χ1v) is 9.95. The van der Waals surface area contributed by atoms with Gasteiger partial charge in [-0.3, -0.25) is 4.79 Å². The van der Waals surface area contributed by atoms with Crippen LogP contribution in [0.5, 0.6) is 0 Å². The van der Waals surface area contributed by atoms with Crippen molar-refractivity contribution in [1.82, 2.24) is 4.98 Å². The predicted octanol–water partition coefficient (Wildman–Crippen LogP) is 6.14. The zero-order chi connectivity index (χ0) is 20.2.